The van der Waals surface area contributed by atoms with Gasteiger partial charge in [0, 0.05) is 11.6 Å². The molecule has 0 aliphatic rings. The Kier molecular flexibility index (Phi) is 6.94. The number of hydrogen-bond acceptors (Lipinski definition) is 5. The van der Waals surface area contributed by atoms with Crippen LogP contribution in [0, 0.1) is 11.3 Å². The molecule has 0 spiro atoms. The van der Waals surface area contributed by atoms with Crippen LogP contribution in [0.4, 0.5) is 5.82 Å². The molecule has 0 radical (unpaired) electrons. The topological polar surface area (TPSA) is 106 Å². The van der Waals surface area contributed by atoms with Gasteiger partial charge in [0.1, 0.15) is 23.2 Å². The number of amides is 1. The summed E-state index contributed by atoms with van der Waals surface area (Å²) in [7, 11) is 0. The van der Waals surface area contributed by atoms with Crippen LogP contribution in [-0.4, -0.2) is 28.3 Å². The molecule has 0 aliphatic carbocycles. The molecule has 1 atom stereocenters. The maximum atomic E-state index is 12.2. The fraction of sp³-hybridized carbons (Fsp3) is 0.227. The quantitative estimate of drug-likeness (QED) is 0.539. The summed E-state index contributed by atoms with van der Waals surface area (Å²) < 4.78 is 7.17. The van der Waals surface area contributed by atoms with Crippen molar-refractivity contribution in [2.45, 2.75) is 25.9 Å². The summed E-state index contributed by atoms with van der Waals surface area (Å²) in [6, 6.07) is 18.4. The first kappa shape index (κ1) is 21.2. The van der Waals surface area contributed by atoms with Crippen LogP contribution in [0.25, 0.3) is 5.69 Å². The maximum absolute atomic E-state index is 12.2. The highest BCUT2D eigenvalue weighted by Gasteiger charge is 2.17. The number of nitriles is 1. The molecule has 1 aromatic heterocycles. The molecular formula is C22H22ClN5O2. The average Bonchev–Trinajstić information content (AvgIpc) is 3.08. The van der Waals surface area contributed by atoms with Crippen molar-refractivity contribution < 1.29 is 9.53 Å². The molecule has 8 heteroatoms. The van der Waals surface area contributed by atoms with Crippen LogP contribution in [0.1, 0.15) is 24.6 Å². The Hall–Kier alpha value is -3.50. The molecule has 2 aromatic carbocycles. The van der Waals surface area contributed by atoms with E-state index in [9.17, 15) is 10.1 Å². The van der Waals surface area contributed by atoms with Gasteiger partial charge in [-0.3, -0.25) is 4.79 Å². The van der Waals surface area contributed by atoms with Crippen LogP contribution in [0.5, 0.6) is 5.75 Å². The number of halogens is 1. The van der Waals surface area contributed by atoms with E-state index in [1.54, 1.807) is 35.9 Å². The van der Waals surface area contributed by atoms with Crippen molar-refractivity contribution in [2.24, 2.45) is 0 Å². The monoisotopic (exact) mass is 423 g/mol. The van der Waals surface area contributed by atoms with E-state index in [0.717, 1.165) is 5.69 Å². The van der Waals surface area contributed by atoms with E-state index in [2.05, 4.69) is 16.5 Å². The van der Waals surface area contributed by atoms with Crippen molar-refractivity contribution in [1.29, 1.82) is 5.26 Å². The Bertz CT molecular complexity index is 1040. The van der Waals surface area contributed by atoms with Crippen LogP contribution < -0.4 is 15.8 Å². The minimum absolute atomic E-state index is 0.222. The highest BCUT2D eigenvalue weighted by molar-refractivity contribution is 6.30. The first-order valence-electron chi connectivity index (χ1n) is 9.52. The number of nitrogen functional groups attached to an aromatic ring is 1. The van der Waals surface area contributed by atoms with Crippen molar-refractivity contribution in [2.75, 3.05) is 12.3 Å². The van der Waals surface area contributed by atoms with Crippen LogP contribution in [0.15, 0.2) is 54.6 Å². The van der Waals surface area contributed by atoms with Crippen LogP contribution >= 0.6 is 11.6 Å². The van der Waals surface area contributed by atoms with Gasteiger partial charge in [-0.2, -0.15) is 10.4 Å². The van der Waals surface area contributed by atoms with E-state index in [0.29, 0.717) is 47.2 Å². The summed E-state index contributed by atoms with van der Waals surface area (Å²) >= 11 is 5.84. The second-order valence-electron chi connectivity index (χ2n) is 6.67. The molecule has 0 saturated carbocycles. The second kappa shape index (κ2) is 9.81. The van der Waals surface area contributed by atoms with Gasteiger partial charge < -0.3 is 15.8 Å². The van der Waals surface area contributed by atoms with Gasteiger partial charge in [0.25, 0.3) is 5.91 Å². The van der Waals surface area contributed by atoms with Gasteiger partial charge in [0.15, 0.2) is 6.10 Å². The van der Waals surface area contributed by atoms with E-state index in [4.69, 9.17) is 22.1 Å². The normalized spacial score (nSPS) is 11.5. The number of carbonyl (C=O) groups is 1. The summed E-state index contributed by atoms with van der Waals surface area (Å²) in [5, 5.41) is 17.4. The molecule has 1 amide bonds. The van der Waals surface area contributed by atoms with Crippen LogP contribution in [0.3, 0.4) is 0 Å². The lowest BCUT2D eigenvalue weighted by Gasteiger charge is -2.14. The van der Waals surface area contributed by atoms with Gasteiger partial charge in [-0.25, -0.2) is 4.68 Å². The van der Waals surface area contributed by atoms with Gasteiger partial charge in [0.2, 0.25) is 0 Å². The van der Waals surface area contributed by atoms with Crippen molar-refractivity contribution in [3.8, 4) is 17.5 Å². The largest absolute Gasteiger partial charge is 0.481 e. The number of anilines is 1. The Balaban J connectivity index is 1.53. The van der Waals surface area contributed by atoms with Gasteiger partial charge in [-0.1, -0.05) is 29.8 Å². The summed E-state index contributed by atoms with van der Waals surface area (Å²) in [6.07, 6.45) is 0.479. The molecule has 0 saturated heterocycles. The second-order valence-corrected chi connectivity index (χ2v) is 7.11. The standard InChI is InChI=1S/C22H22ClN5O2/c1-15(30-18-11-9-16(23)10-12-18)22(29)26-13-5-8-20-19(14-24)21(25)28(27-20)17-6-3-2-4-7-17/h2-4,6-7,9-12,15H,5,8,13,25H2,1H3,(H,26,29). The van der Waals surface area contributed by atoms with Crippen LogP contribution in [-0.2, 0) is 11.2 Å². The summed E-state index contributed by atoms with van der Waals surface area (Å²) in [4.78, 5) is 12.2. The van der Waals surface area contributed by atoms with Gasteiger partial charge in [-0.15, -0.1) is 0 Å². The van der Waals surface area contributed by atoms with Crippen molar-refractivity contribution in [3.63, 3.8) is 0 Å². The summed E-state index contributed by atoms with van der Waals surface area (Å²) in [6.45, 7) is 2.11. The first-order chi connectivity index (χ1) is 14.5. The zero-order valence-electron chi connectivity index (χ0n) is 16.5. The number of para-hydroxylation sites is 1. The SMILES string of the molecule is CC(Oc1ccc(Cl)cc1)C(=O)NCCCc1nn(-c2ccccc2)c(N)c1C#N. The van der Waals surface area contributed by atoms with E-state index in [1.807, 2.05) is 30.3 Å². The lowest BCUT2D eigenvalue weighted by Crippen LogP contribution is -2.36. The Morgan fingerprint density at radius 2 is 1.97 bits per heavy atom. The molecule has 1 heterocycles. The lowest BCUT2D eigenvalue weighted by atomic mass is 10.1. The van der Waals surface area contributed by atoms with E-state index in [1.165, 1.54) is 0 Å². The minimum Gasteiger partial charge on any atom is -0.481 e. The lowest BCUT2D eigenvalue weighted by molar-refractivity contribution is -0.127. The molecule has 7 nitrogen and oxygen atoms in total. The highest BCUT2D eigenvalue weighted by atomic mass is 35.5. The average molecular weight is 424 g/mol. The molecule has 0 aliphatic heterocycles. The summed E-state index contributed by atoms with van der Waals surface area (Å²) in [5.74, 6) is 0.662. The van der Waals surface area contributed by atoms with Gasteiger partial charge in [0.05, 0.1) is 11.4 Å². The predicted molar refractivity (Wildman–Crippen MR) is 116 cm³/mol. The smallest absolute Gasteiger partial charge is 0.260 e. The Morgan fingerprint density at radius 3 is 2.63 bits per heavy atom. The molecule has 3 N–H and O–H groups in total. The van der Waals surface area contributed by atoms with Gasteiger partial charge in [-0.05, 0) is 56.2 Å². The number of ether oxygens (including phenoxy) is 1. The number of aryl methyl sites for hydroxylation is 1. The molecule has 3 aromatic rings. The number of nitrogens with two attached hydrogens (primary N) is 1. The number of benzene rings is 2. The van der Waals surface area contributed by atoms with E-state index < -0.39 is 6.10 Å². The fourth-order valence-corrected chi connectivity index (χ4v) is 3.05. The third-order valence-electron chi connectivity index (χ3n) is 4.49. The van der Waals surface area contributed by atoms with E-state index >= 15 is 0 Å². The van der Waals surface area contributed by atoms with Crippen molar-refractivity contribution >= 4 is 23.3 Å². The predicted octanol–water partition coefficient (Wildman–Crippen LogP) is 3.50. The number of rotatable bonds is 8. The number of aromatic nitrogens is 2. The third kappa shape index (κ3) is 5.10. The first-order valence-corrected chi connectivity index (χ1v) is 9.90. The van der Waals surface area contributed by atoms with E-state index in [-0.39, 0.29) is 5.91 Å². The zero-order chi connectivity index (χ0) is 21.5. The number of nitrogens with one attached hydrogen (secondary N) is 1. The highest BCUT2D eigenvalue weighted by Crippen LogP contribution is 2.21. The molecule has 154 valence electrons. The Morgan fingerprint density at radius 1 is 1.27 bits per heavy atom. The van der Waals surface area contributed by atoms with Gasteiger partial charge >= 0.3 is 0 Å². The molecule has 0 fully saturated rings. The molecule has 3 rings (SSSR count). The van der Waals surface area contributed by atoms with Crippen LogP contribution in [0.2, 0.25) is 5.02 Å². The van der Waals surface area contributed by atoms with Crippen molar-refractivity contribution in [1.82, 2.24) is 15.1 Å². The van der Waals surface area contributed by atoms with Crippen molar-refractivity contribution in [3.05, 3.63) is 70.9 Å². The zero-order valence-corrected chi connectivity index (χ0v) is 17.3. The minimum atomic E-state index is -0.645. The molecule has 30 heavy (non-hydrogen) atoms. The maximum Gasteiger partial charge on any atom is 0.260 e. The Labute approximate surface area is 180 Å². The fourth-order valence-electron chi connectivity index (χ4n) is 2.92. The molecular weight excluding hydrogens is 402 g/mol. The molecule has 0 bridgehead atoms. The number of carbonyl (C=O) groups excluding carboxylic acids is 1. The number of hydrogen-bond donors (Lipinski definition) is 2. The summed E-state index contributed by atoms with van der Waals surface area (Å²) in [5.41, 5.74) is 7.87. The molecule has 1 unspecified atom stereocenters. The number of nitrogens with zero attached hydrogens (tertiary/aromatic N) is 3. The third-order valence-corrected chi connectivity index (χ3v) is 4.74.